The molecule has 0 saturated heterocycles. The molecule has 0 aromatic heterocycles. The zero-order valence-corrected chi connectivity index (χ0v) is 60.2. The fraction of sp³-hybridized carbons (Fsp3) is 0.400. The highest BCUT2D eigenvalue weighted by Gasteiger charge is 2.36. The molecule has 3 nitrogen and oxygen atoms in total. The van der Waals surface area contributed by atoms with Crippen LogP contribution in [0.1, 0.15) is 158 Å². The van der Waals surface area contributed by atoms with Crippen molar-refractivity contribution in [3.8, 4) is 0 Å². The van der Waals surface area contributed by atoms with Crippen LogP contribution in [0.4, 0.5) is 0 Å². The van der Waals surface area contributed by atoms with Gasteiger partial charge < -0.3 is 14.7 Å². The monoisotopic (exact) mass is 1380 g/mol. The highest BCUT2D eigenvalue weighted by molar-refractivity contribution is 6.43. The smallest absolute Gasteiger partial charge is 0.0595 e. The molecular weight excluding hydrogens is 1290 g/mol. The summed E-state index contributed by atoms with van der Waals surface area (Å²) in [5.74, 6) is 4.93. The first kappa shape index (κ1) is 72.8. The normalized spacial score (nSPS) is 21.6. The van der Waals surface area contributed by atoms with Crippen molar-refractivity contribution in [3.63, 3.8) is 0 Å². The van der Waals surface area contributed by atoms with Gasteiger partial charge in [-0.25, -0.2) is 0 Å². The lowest BCUT2D eigenvalue weighted by Gasteiger charge is -2.37. The predicted octanol–water partition coefficient (Wildman–Crippen LogP) is 23.9. The molecule has 0 N–H and O–H groups in total. The lowest BCUT2D eigenvalue weighted by atomic mass is 9.71. The minimum Gasteiger partial charge on any atom is -0.306 e. The van der Waals surface area contributed by atoms with Crippen LogP contribution in [0.15, 0.2) is 170 Å². The minimum absolute atomic E-state index is 0. The second-order valence-corrected chi connectivity index (χ2v) is 30.1. The second-order valence-electron chi connectivity index (χ2n) is 26.9. The molecule has 484 valence electrons. The van der Waals surface area contributed by atoms with Gasteiger partial charge in [-0.1, -0.05) is 235 Å². The van der Waals surface area contributed by atoms with E-state index < -0.39 is 0 Å². The summed E-state index contributed by atoms with van der Waals surface area (Å²) >= 11 is 49.4. The van der Waals surface area contributed by atoms with Gasteiger partial charge in [-0.15, -0.1) is 0 Å². The molecule has 0 heterocycles. The van der Waals surface area contributed by atoms with Crippen molar-refractivity contribution in [3.05, 3.63) is 277 Å². The first-order valence-electron chi connectivity index (χ1n) is 32.1. The van der Waals surface area contributed by atoms with Crippen LogP contribution in [0.3, 0.4) is 0 Å². The Labute approximate surface area is 586 Å². The van der Waals surface area contributed by atoms with Crippen LogP contribution in [-0.2, 0) is 25.7 Å². The standard InChI is InChI=1S/3C20H23Cl2N.C19H20Cl2.CH4/c3*1-13(23(2)3)16-10-14-6-4-5-7-17(14)18(11-16)15-8-9-19(21)20(22)12-15;1-12(2)15-9-13-5-3-4-6-16(13)17(10-15)14-7-8-18(20)19(21)11-14;/h3*4-9,12-13,16,18H,10-11H2,1-3H3;3-8,11-12,15,17H,9-10H2,1-2H3;1H4/t13?,16-,18+;13-,16+,18-;13-,16-,18+;15-,17+;/m1011./s1. The maximum Gasteiger partial charge on any atom is 0.0595 e. The first-order valence-corrected chi connectivity index (χ1v) is 35.1. The third kappa shape index (κ3) is 17.9. The SMILES string of the molecule is C.CC(C)[C@@H]1Cc2ccccc2[C@H](c2ccc(Cl)c(Cl)c2)C1.CC([C@@H]1Cc2ccccc2[C@H](c2ccc(Cl)c(Cl)c2)C1)N(C)C.C[C@@H]([C@@H]1Cc2ccccc2[C@H](c2ccc(Cl)c(Cl)c2)C1)N(C)C.C[C@H]([C@@H]1Cc2ccccc2[C@H](c2ccc(Cl)c(Cl)c2)C1)N(C)C. The van der Waals surface area contributed by atoms with E-state index in [0.29, 0.717) is 106 Å². The average Bonchev–Trinajstić information content (AvgIpc) is 0.827. The van der Waals surface area contributed by atoms with Crippen LogP contribution in [0, 0.1) is 29.6 Å². The third-order valence-electron chi connectivity index (χ3n) is 20.6. The van der Waals surface area contributed by atoms with Crippen LogP contribution < -0.4 is 0 Å². The number of hydrogen-bond donors (Lipinski definition) is 0. The van der Waals surface area contributed by atoms with Crippen molar-refractivity contribution in [2.45, 2.75) is 135 Å². The quantitative estimate of drug-likeness (QED) is 0.128. The van der Waals surface area contributed by atoms with Gasteiger partial charge >= 0.3 is 0 Å². The Kier molecular flexibility index (Phi) is 26.5. The Morgan fingerprint density at radius 1 is 0.286 bits per heavy atom. The summed E-state index contributed by atoms with van der Waals surface area (Å²) in [5, 5.41) is 5.08. The Morgan fingerprint density at radius 3 is 0.703 bits per heavy atom. The Bertz CT molecular complexity index is 3400. The Hall–Kier alpha value is -4.04. The maximum atomic E-state index is 6.27. The summed E-state index contributed by atoms with van der Waals surface area (Å²) in [5.41, 5.74) is 16.7. The number of rotatable bonds is 11. The number of nitrogens with zero attached hydrogens (tertiary/aromatic N) is 3. The molecule has 4 aliphatic carbocycles. The molecular formula is C80H93Cl8N3. The molecule has 4 aliphatic rings. The summed E-state index contributed by atoms with van der Waals surface area (Å²) in [6, 6.07) is 61.2. The molecule has 0 amide bonds. The fourth-order valence-electron chi connectivity index (χ4n) is 14.5. The van der Waals surface area contributed by atoms with E-state index in [0.717, 1.165) is 44.4 Å². The van der Waals surface area contributed by atoms with Crippen LogP contribution in [0.25, 0.3) is 0 Å². The number of halogens is 8. The van der Waals surface area contributed by atoms with E-state index in [-0.39, 0.29) is 7.43 Å². The lowest BCUT2D eigenvalue weighted by molar-refractivity contribution is 0.205. The largest absolute Gasteiger partial charge is 0.306 e. The molecule has 11 atom stereocenters. The van der Waals surface area contributed by atoms with Gasteiger partial charge in [-0.3, -0.25) is 0 Å². The fourth-order valence-corrected chi connectivity index (χ4v) is 15.7. The van der Waals surface area contributed by atoms with Crippen molar-refractivity contribution < 1.29 is 0 Å². The maximum absolute atomic E-state index is 6.27. The molecule has 0 saturated carbocycles. The summed E-state index contributed by atoms with van der Waals surface area (Å²) in [6.07, 6.45) is 9.25. The molecule has 1 unspecified atom stereocenters. The van der Waals surface area contributed by atoms with Crippen LogP contribution >= 0.6 is 92.8 Å². The van der Waals surface area contributed by atoms with E-state index in [1.165, 1.54) is 79.6 Å². The van der Waals surface area contributed by atoms with E-state index in [1.54, 1.807) is 0 Å². The van der Waals surface area contributed by atoms with Gasteiger partial charge in [0.15, 0.2) is 0 Å². The van der Waals surface area contributed by atoms with Gasteiger partial charge in [0.25, 0.3) is 0 Å². The number of benzene rings is 8. The van der Waals surface area contributed by atoms with Crippen molar-refractivity contribution >= 4 is 92.8 Å². The molecule has 8 aromatic rings. The molecule has 0 aliphatic heterocycles. The Balaban J connectivity index is 0.000000156. The molecule has 0 spiro atoms. The highest BCUT2D eigenvalue weighted by Crippen LogP contribution is 2.47. The van der Waals surface area contributed by atoms with Crippen molar-refractivity contribution in [1.29, 1.82) is 0 Å². The van der Waals surface area contributed by atoms with Gasteiger partial charge in [0.05, 0.1) is 40.2 Å². The summed E-state index contributed by atoms with van der Waals surface area (Å²) < 4.78 is 0. The number of hydrogen-bond acceptors (Lipinski definition) is 3. The summed E-state index contributed by atoms with van der Waals surface area (Å²) in [7, 11) is 13.0. The van der Waals surface area contributed by atoms with Crippen LogP contribution in [0.5, 0.6) is 0 Å². The van der Waals surface area contributed by atoms with Crippen molar-refractivity contribution in [2.75, 3.05) is 42.3 Å². The average molecular weight is 1380 g/mol. The van der Waals surface area contributed by atoms with Crippen LogP contribution in [-0.4, -0.2) is 75.1 Å². The third-order valence-corrected chi connectivity index (χ3v) is 23.6. The highest BCUT2D eigenvalue weighted by atomic mass is 35.5. The van der Waals surface area contributed by atoms with E-state index in [9.17, 15) is 0 Å². The minimum atomic E-state index is 0. The molecule has 11 heteroatoms. The van der Waals surface area contributed by atoms with E-state index in [4.69, 9.17) is 92.8 Å². The van der Waals surface area contributed by atoms with Gasteiger partial charge in [0.2, 0.25) is 0 Å². The van der Waals surface area contributed by atoms with Crippen LogP contribution in [0.2, 0.25) is 40.2 Å². The molecule has 91 heavy (non-hydrogen) atoms. The van der Waals surface area contributed by atoms with Gasteiger partial charge in [0, 0.05) is 41.8 Å². The predicted molar refractivity (Wildman–Crippen MR) is 397 cm³/mol. The molecule has 0 radical (unpaired) electrons. The van der Waals surface area contributed by atoms with E-state index in [1.807, 2.05) is 48.5 Å². The summed E-state index contributed by atoms with van der Waals surface area (Å²) in [4.78, 5) is 6.97. The van der Waals surface area contributed by atoms with E-state index in [2.05, 4.69) is 213 Å². The molecule has 0 bridgehead atoms. The summed E-state index contributed by atoms with van der Waals surface area (Å²) in [6.45, 7) is 11.6. The number of fused-ring (bicyclic) bond motifs is 4. The second kappa shape index (κ2) is 33.1. The lowest BCUT2D eigenvalue weighted by Crippen LogP contribution is -2.36. The Morgan fingerprint density at radius 2 is 0.495 bits per heavy atom. The molecule has 0 fully saturated rings. The van der Waals surface area contributed by atoms with Gasteiger partial charge in [-0.05, 0) is 259 Å². The molecule has 12 rings (SSSR count). The van der Waals surface area contributed by atoms with E-state index >= 15 is 0 Å². The van der Waals surface area contributed by atoms with Crippen molar-refractivity contribution in [1.82, 2.24) is 14.7 Å². The zero-order valence-electron chi connectivity index (χ0n) is 54.1. The van der Waals surface area contributed by atoms with Gasteiger partial charge in [-0.2, -0.15) is 0 Å². The first-order chi connectivity index (χ1) is 43.0. The molecule has 8 aromatic carbocycles. The van der Waals surface area contributed by atoms with Crippen molar-refractivity contribution in [2.24, 2.45) is 29.6 Å². The zero-order chi connectivity index (χ0) is 64.7. The van der Waals surface area contributed by atoms with Gasteiger partial charge in [0.1, 0.15) is 0 Å². The topological polar surface area (TPSA) is 9.72 Å².